The van der Waals surface area contributed by atoms with Crippen LogP contribution in [0.3, 0.4) is 0 Å². The van der Waals surface area contributed by atoms with Crippen molar-refractivity contribution in [3.8, 4) is 45.1 Å². The van der Waals surface area contributed by atoms with E-state index in [1.54, 1.807) is 24.3 Å². The van der Waals surface area contributed by atoms with Crippen LogP contribution in [0, 0.1) is 0 Å². The average Bonchev–Trinajstić information content (AvgIpc) is 2.79. The zero-order chi connectivity index (χ0) is 20.5. The quantitative estimate of drug-likeness (QED) is 0.394. The molecule has 4 nitrogen and oxygen atoms in total. The summed E-state index contributed by atoms with van der Waals surface area (Å²) in [6, 6.07) is 29.9. The van der Waals surface area contributed by atoms with E-state index in [2.05, 4.69) is 0 Å². The topological polar surface area (TPSA) is 66.2 Å². The molecule has 0 fully saturated rings. The summed E-state index contributed by atoms with van der Waals surface area (Å²) >= 11 is 0. The van der Waals surface area contributed by atoms with Gasteiger partial charge in [0.15, 0.2) is 0 Å². The highest BCUT2D eigenvalue weighted by molar-refractivity contribution is 5.97. The summed E-state index contributed by atoms with van der Waals surface area (Å²) in [6.45, 7) is 0. The maximum absolute atomic E-state index is 10.5. The number of rotatable bonds is 3. The molecule has 4 aromatic carbocycles. The number of benzene rings is 4. The number of fused-ring (bicyclic) bond motifs is 1. The van der Waals surface area contributed by atoms with Crippen molar-refractivity contribution in [2.75, 3.05) is 0 Å². The molecule has 0 amide bonds. The highest BCUT2D eigenvalue weighted by Gasteiger charge is 2.18. The number of aromatic nitrogens is 2. The number of hydrogen-bond donors (Lipinski definition) is 2. The lowest BCUT2D eigenvalue weighted by atomic mass is 10.00. The Labute approximate surface area is 173 Å². The molecule has 5 aromatic rings. The van der Waals surface area contributed by atoms with Crippen LogP contribution in [-0.4, -0.2) is 20.2 Å². The van der Waals surface area contributed by atoms with Gasteiger partial charge in [-0.05, 0) is 24.3 Å². The number of para-hydroxylation sites is 3. The van der Waals surface area contributed by atoms with E-state index in [1.807, 2.05) is 72.8 Å². The fraction of sp³-hybridized carbons (Fsp3) is 0. The molecule has 1 aromatic heterocycles. The summed E-state index contributed by atoms with van der Waals surface area (Å²) in [4.78, 5) is 9.89. The Morgan fingerprint density at radius 3 is 1.77 bits per heavy atom. The van der Waals surface area contributed by atoms with E-state index in [4.69, 9.17) is 9.97 Å². The van der Waals surface area contributed by atoms with Gasteiger partial charge in [0.25, 0.3) is 0 Å². The fourth-order valence-electron chi connectivity index (χ4n) is 3.65. The van der Waals surface area contributed by atoms with Crippen LogP contribution in [0.2, 0.25) is 0 Å². The molecule has 4 heteroatoms. The van der Waals surface area contributed by atoms with E-state index in [0.717, 1.165) is 11.1 Å². The highest BCUT2D eigenvalue weighted by Crippen LogP contribution is 2.38. The smallest absolute Gasteiger partial charge is 0.125 e. The second-order valence-electron chi connectivity index (χ2n) is 6.99. The van der Waals surface area contributed by atoms with E-state index < -0.39 is 0 Å². The molecule has 0 spiro atoms. The van der Waals surface area contributed by atoms with E-state index >= 15 is 0 Å². The van der Waals surface area contributed by atoms with Gasteiger partial charge in [0.05, 0.1) is 16.7 Å². The molecule has 1 heterocycles. The van der Waals surface area contributed by atoms with Gasteiger partial charge in [-0.15, -0.1) is 0 Å². The second kappa shape index (κ2) is 7.33. The van der Waals surface area contributed by atoms with E-state index in [1.165, 1.54) is 0 Å². The number of nitrogens with zero attached hydrogens (tertiary/aromatic N) is 2. The van der Waals surface area contributed by atoms with Crippen molar-refractivity contribution in [3.05, 3.63) is 97.1 Å². The third-order valence-electron chi connectivity index (χ3n) is 5.10. The molecule has 0 saturated heterocycles. The van der Waals surface area contributed by atoms with Gasteiger partial charge in [-0.25, -0.2) is 9.97 Å². The van der Waals surface area contributed by atoms with Gasteiger partial charge in [0, 0.05) is 22.3 Å². The van der Waals surface area contributed by atoms with Crippen molar-refractivity contribution < 1.29 is 10.2 Å². The monoisotopic (exact) mass is 390 g/mol. The molecule has 0 bridgehead atoms. The van der Waals surface area contributed by atoms with Crippen molar-refractivity contribution in [3.63, 3.8) is 0 Å². The molecule has 0 aliphatic carbocycles. The highest BCUT2D eigenvalue weighted by atomic mass is 16.3. The summed E-state index contributed by atoms with van der Waals surface area (Å²) in [7, 11) is 0. The van der Waals surface area contributed by atoms with E-state index in [9.17, 15) is 10.2 Å². The standard InChI is InChI=1S/C26H18N2O2/c29-22-15-6-4-11-18(22)19-13-8-14-21-25(19)28-26(20-12-5-7-16-23(20)30)24(27-21)17-9-2-1-3-10-17/h1-16,29-30H. The molecule has 0 unspecified atom stereocenters. The summed E-state index contributed by atoms with van der Waals surface area (Å²) in [5, 5.41) is 20.9. The van der Waals surface area contributed by atoms with Gasteiger partial charge in [-0.3, -0.25) is 0 Å². The van der Waals surface area contributed by atoms with Gasteiger partial charge in [-0.1, -0.05) is 72.8 Å². The van der Waals surface area contributed by atoms with E-state index in [-0.39, 0.29) is 11.5 Å². The van der Waals surface area contributed by atoms with Crippen LogP contribution in [0.1, 0.15) is 0 Å². The van der Waals surface area contributed by atoms with Crippen LogP contribution in [0.15, 0.2) is 97.1 Å². The number of hydrogen-bond acceptors (Lipinski definition) is 4. The first kappa shape index (κ1) is 17.9. The average molecular weight is 390 g/mol. The maximum Gasteiger partial charge on any atom is 0.125 e. The molecular formula is C26H18N2O2. The summed E-state index contributed by atoms with van der Waals surface area (Å²) in [5.74, 6) is 0.325. The Hall–Kier alpha value is -4.18. The lowest BCUT2D eigenvalue weighted by molar-refractivity contribution is 0.476. The van der Waals surface area contributed by atoms with Crippen LogP contribution in [-0.2, 0) is 0 Å². The van der Waals surface area contributed by atoms with Crippen LogP contribution >= 0.6 is 0 Å². The van der Waals surface area contributed by atoms with Crippen LogP contribution in [0.5, 0.6) is 11.5 Å². The first-order valence-corrected chi connectivity index (χ1v) is 9.65. The Balaban J connectivity index is 1.86. The minimum atomic E-state index is 0.142. The normalized spacial score (nSPS) is 10.9. The molecule has 0 aliphatic rings. The summed E-state index contributed by atoms with van der Waals surface area (Å²) in [6.07, 6.45) is 0. The SMILES string of the molecule is Oc1ccccc1-c1nc2c(-c3ccccc3O)cccc2nc1-c1ccccc1. The molecule has 0 saturated carbocycles. The number of phenolic OH excluding ortho intramolecular Hbond substituents is 2. The van der Waals surface area contributed by atoms with Gasteiger partial charge in [-0.2, -0.15) is 0 Å². The Bertz CT molecular complexity index is 1360. The molecule has 30 heavy (non-hydrogen) atoms. The maximum atomic E-state index is 10.5. The van der Waals surface area contributed by atoms with Gasteiger partial charge < -0.3 is 10.2 Å². The number of phenols is 2. The molecular weight excluding hydrogens is 372 g/mol. The van der Waals surface area contributed by atoms with E-state index in [0.29, 0.717) is 33.5 Å². The largest absolute Gasteiger partial charge is 0.507 e. The predicted octanol–water partition coefficient (Wildman–Crippen LogP) is 6.04. The first-order valence-electron chi connectivity index (χ1n) is 9.65. The molecule has 144 valence electrons. The Kier molecular flexibility index (Phi) is 4.37. The fourth-order valence-corrected chi connectivity index (χ4v) is 3.65. The molecule has 0 radical (unpaired) electrons. The minimum absolute atomic E-state index is 0.142. The first-order chi connectivity index (χ1) is 14.7. The summed E-state index contributed by atoms with van der Waals surface area (Å²) < 4.78 is 0. The van der Waals surface area contributed by atoms with Crippen molar-refractivity contribution in [1.29, 1.82) is 0 Å². The van der Waals surface area contributed by atoms with Gasteiger partial charge in [0.2, 0.25) is 0 Å². The van der Waals surface area contributed by atoms with Gasteiger partial charge >= 0.3 is 0 Å². The number of aromatic hydroxyl groups is 2. The van der Waals surface area contributed by atoms with Crippen molar-refractivity contribution in [1.82, 2.24) is 9.97 Å². The van der Waals surface area contributed by atoms with Gasteiger partial charge in [0.1, 0.15) is 17.2 Å². The molecule has 0 atom stereocenters. The minimum Gasteiger partial charge on any atom is -0.507 e. The second-order valence-corrected chi connectivity index (χ2v) is 6.99. The predicted molar refractivity (Wildman–Crippen MR) is 119 cm³/mol. The van der Waals surface area contributed by atoms with Crippen molar-refractivity contribution in [2.45, 2.75) is 0 Å². The molecule has 5 rings (SSSR count). The lowest BCUT2D eigenvalue weighted by Crippen LogP contribution is -1.97. The van der Waals surface area contributed by atoms with Crippen LogP contribution in [0.25, 0.3) is 44.7 Å². The molecule has 2 N–H and O–H groups in total. The zero-order valence-electron chi connectivity index (χ0n) is 16.0. The third-order valence-corrected chi connectivity index (χ3v) is 5.10. The summed E-state index contributed by atoms with van der Waals surface area (Å²) in [5.41, 5.74) is 5.66. The zero-order valence-corrected chi connectivity index (χ0v) is 16.0. The van der Waals surface area contributed by atoms with Crippen LogP contribution in [0.4, 0.5) is 0 Å². The van der Waals surface area contributed by atoms with Crippen molar-refractivity contribution >= 4 is 11.0 Å². The van der Waals surface area contributed by atoms with Crippen LogP contribution < -0.4 is 0 Å². The Morgan fingerprint density at radius 1 is 0.467 bits per heavy atom. The lowest BCUT2D eigenvalue weighted by Gasteiger charge is -2.14. The van der Waals surface area contributed by atoms with Crippen molar-refractivity contribution in [2.24, 2.45) is 0 Å². The molecule has 0 aliphatic heterocycles. The third kappa shape index (κ3) is 3.05. The Morgan fingerprint density at radius 2 is 1.07 bits per heavy atom.